The molecule has 2 saturated heterocycles. The normalized spacial score (nSPS) is 26.1. The lowest BCUT2D eigenvalue weighted by atomic mass is 10.2. The highest BCUT2D eigenvalue weighted by Crippen LogP contribution is 2.33. The number of hydrogen-bond acceptors (Lipinski definition) is 4. The first-order chi connectivity index (χ1) is 9.87. The van der Waals surface area contributed by atoms with Crippen LogP contribution in [0.3, 0.4) is 0 Å². The van der Waals surface area contributed by atoms with E-state index in [0.29, 0.717) is 22.2 Å². The van der Waals surface area contributed by atoms with Crippen LogP contribution in [0.25, 0.3) is 0 Å². The van der Waals surface area contributed by atoms with Gasteiger partial charge in [0.15, 0.2) is 16.4 Å². The number of amides is 1. The van der Waals surface area contributed by atoms with Crippen molar-refractivity contribution >= 4 is 38.9 Å². The summed E-state index contributed by atoms with van der Waals surface area (Å²) in [5.41, 5.74) is 0. The molecule has 8 heteroatoms. The van der Waals surface area contributed by atoms with Crippen LogP contribution in [0, 0.1) is 0 Å². The van der Waals surface area contributed by atoms with Gasteiger partial charge in [-0.2, -0.15) is 0 Å². The van der Waals surface area contributed by atoms with Crippen LogP contribution >= 0.6 is 23.2 Å². The number of carbonyl (C=O) groups excluding carboxylic acids is 1. The van der Waals surface area contributed by atoms with Crippen molar-refractivity contribution in [3.8, 4) is 5.75 Å². The van der Waals surface area contributed by atoms with Crippen molar-refractivity contribution in [2.24, 2.45) is 0 Å². The summed E-state index contributed by atoms with van der Waals surface area (Å²) in [6.45, 7) is 0.105. The van der Waals surface area contributed by atoms with Gasteiger partial charge in [-0.3, -0.25) is 4.79 Å². The van der Waals surface area contributed by atoms with Gasteiger partial charge < -0.3 is 9.64 Å². The molecular formula is C13H13Cl2NO4S. The Bertz CT molecular complexity index is 691. The molecule has 2 unspecified atom stereocenters. The van der Waals surface area contributed by atoms with E-state index >= 15 is 0 Å². The number of hydrogen-bond donors (Lipinski definition) is 0. The second kappa shape index (κ2) is 5.34. The fraction of sp³-hybridized carbons (Fsp3) is 0.462. The number of nitrogens with zero attached hydrogens (tertiary/aromatic N) is 1. The lowest BCUT2D eigenvalue weighted by Gasteiger charge is -2.26. The van der Waals surface area contributed by atoms with Crippen LogP contribution in [0.2, 0.25) is 10.0 Å². The van der Waals surface area contributed by atoms with Crippen LogP contribution in [-0.2, 0) is 14.6 Å². The largest absolute Gasteiger partial charge is 0.482 e. The number of fused-ring (bicyclic) bond motifs is 2. The van der Waals surface area contributed by atoms with Gasteiger partial charge in [0, 0.05) is 17.6 Å². The predicted octanol–water partition coefficient (Wildman–Crippen LogP) is 1.77. The number of likely N-dealkylation sites (tertiary alicyclic amines) is 1. The molecule has 114 valence electrons. The Labute approximate surface area is 132 Å². The van der Waals surface area contributed by atoms with Crippen molar-refractivity contribution < 1.29 is 17.9 Å². The van der Waals surface area contributed by atoms with Crippen LogP contribution in [-0.4, -0.2) is 49.4 Å². The highest BCUT2D eigenvalue weighted by molar-refractivity contribution is 7.92. The third-order valence-corrected chi connectivity index (χ3v) is 6.61. The zero-order chi connectivity index (χ0) is 15.2. The maximum atomic E-state index is 12.1. The van der Waals surface area contributed by atoms with Gasteiger partial charge in [0.1, 0.15) is 5.75 Å². The summed E-state index contributed by atoms with van der Waals surface area (Å²) >= 11 is 11.7. The molecule has 0 spiro atoms. The van der Waals surface area contributed by atoms with E-state index in [1.165, 1.54) is 6.07 Å². The van der Waals surface area contributed by atoms with Gasteiger partial charge >= 0.3 is 0 Å². The number of halogens is 2. The van der Waals surface area contributed by atoms with Crippen molar-refractivity contribution in [3.05, 3.63) is 28.2 Å². The number of sulfone groups is 1. The average molecular weight is 350 g/mol. The monoisotopic (exact) mass is 349 g/mol. The molecule has 2 aliphatic heterocycles. The molecule has 0 saturated carbocycles. The molecule has 0 N–H and O–H groups in total. The third-order valence-electron chi connectivity index (χ3n) is 3.87. The molecule has 1 aromatic carbocycles. The number of rotatable bonds is 3. The quantitative estimate of drug-likeness (QED) is 0.834. The Morgan fingerprint density at radius 3 is 2.71 bits per heavy atom. The van der Waals surface area contributed by atoms with Crippen molar-refractivity contribution in [1.29, 1.82) is 0 Å². The summed E-state index contributed by atoms with van der Waals surface area (Å²) in [5, 5.41) is 0.409. The van der Waals surface area contributed by atoms with E-state index in [4.69, 9.17) is 27.9 Å². The van der Waals surface area contributed by atoms with E-state index in [1.54, 1.807) is 17.0 Å². The molecular weight excluding hydrogens is 337 g/mol. The van der Waals surface area contributed by atoms with Gasteiger partial charge in [0.05, 0.1) is 16.0 Å². The Morgan fingerprint density at radius 1 is 1.38 bits per heavy atom. The molecule has 1 aromatic rings. The second-order valence-electron chi connectivity index (χ2n) is 5.25. The Hall–Kier alpha value is -0.980. The molecule has 0 aromatic heterocycles. The predicted molar refractivity (Wildman–Crippen MR) is 79.6 cm³/mol. The molecule has 21 heavy (non-hydrogen) atoms. The lowest BCUT2D eigenvalue weighted by Crippen LogP contribution is -2.45. The molecule has 0 radical (unpaired) electrons. The van der Waals surface area contributed by atoms with Crippen LogP contribution in [0.1, 0.15) is 6.42 Å². The first-order valence-electron chi connectivity index (χ1n) is 6.46. The zero-order valence-corrected chi connectivity index (χ0v) is 13.3. The van der Waals surface area contributed by atoms with E-state index in [2.05, 4.69) is 0 Å². The van der Waals surface area contributed by atoms with Gasteiger partial charge in [-0.15, -0.1) is 0 Å². The minimum Gasteiger partial charge on any atom is -0.482 e. The van der Waals surface area contributed by atoms with Gasteiger partial charge in [-0.05, 0) is 24.6 Å². The fourth-order valence-corrected chi connectivity index (χ4v) is 5.31. The van der Waals surface area contributed by atoms with E-state index in [-0.39, 0.29) is 30.9 Å². The fourth-order valence-electron chi connectivity index (χ4n) is 2.82. The summed E-state index contributed by atoms with van der Waals surface area (Å²) in [6.07, 6.45) is 0.537. The van der Waals surface area contributed by atoms with Crippen molar-refractivity contribution in [1.82, 2.24) is 4.90 Å². The molecule has 0 aliphatic carbocycles. The minimum absolute atomic E-state index is 0.0606. The van der Waals surface area contributed by atoms with Crippen LogP contribution in [0.5, 0.6) is 5.75 Å². The third kappa shape index (κ3) is 2.84. The standard InChI is InChI=1S/C13H13Cl2NO4S/c14-8-1-2-12(11(15)3-8)20-6-13(17)16-5-10-4-9(16)7-21(10,18)19/h1-3,9-10H,4-7H2. The smallest absolute Gasteiger partial charge is 0.260 e. The van der Waals surface area contributed by atoms with Gasteiger partial charge in [0.2, 0.25) is 0 Å². The summed E-state index contributed by atoms with van der Waals surface area (Å²) in [4.78, 5) is 13.7. The maximum absolute atomic E-state index is 12.1. The van der Waals surface area contributed by atoms with Crippen molar-refractivity contribution in [3.63, 3.8) is 0 Å². The molecule has 3 rings (SSSR count). The summed E-state index contributed by atoms with van der Waals surface area (Å²) in [7, 11) is -3.00. The highest BCUT2D eigenvalue weighted by atomic mass is 35.5. The molecule has 2 atom stereocenters. The van der Waals surface area contributed by atoms with Crippen molar-refractivity contribution in [2.45, 2.75) is 17.7 Å². The van der Waals surface area contributed by atoms with E-state index in [9.17, 15) is 13.2 Å². The molecule has 2 fully saturated rings. The second-order valence-corrected chi connectivity index (χ2v) is 8.42. The Morgan fingerprint density at radius 2 is 2.14 bits per heavy atom. The first-order valence-corrected chi connectivity index (χ1v) is 8.93. The maximum Gasteiger partial charge on any atom is 0.260 e. The first kappa shape index (κ1) is 14.9. The zero-order valence-electron chi connectivity index (χ0n) is 11.0. The molecule has 2 bridgehead atoms. The van der Waals surface area contributed by atoms with E-state index < -0.39 is 15.1 Å². The van der Waals surface area contributed by atoms with Gasteiger partial charge in [0.25, 0.3) is 5.91 Å². The topological polar surface area (TPSA) is 63.7 Å². The minimum atomic E-state index is -3.00. The highest BCUT2D eigenvalue weighted by Gasteiger charge is 2.49. The van der Waals surface area contributed by atoms with Crippen LogP contribution < -0.4 is 4.74 Å². The number of ether oxygens (including phenoxy) is 1. The lowest BCUT2D eigenvalue weighted by molar-refractivity contribution is -0.133. The van der Waals surface area contributed by atoms with Gasteiger partial charge in [-0.1, -0.05) is 23.2 Å². The molecule has 2 heterocycles. The number of carbonyl (C=O) groups is 1. The Kier molecular flexibility index (Phi) is 3.80. The summed E-state index contributed by atoms with van der Waals surface area (Å²) < 4.78 is 28.7. The summed E-state index contributed by atoms with van der Waals surface area (Å²) in [6, 6.07) is 4.54. The van der Waals surface area contributed by atoms with Gasteiger partial charge in [-0.25, -0.2) is 8.42 Å². The van der Waals surface area contributed by atoms with Crippen LogP contribution in [0.4, 0.5) is 0 Å². The molecule has 5 nitrogen and oxygen atoms in total. The number of benzene rings is 1. The van der Waals surface area contributed by atoms with E-state index in [1.807, 2.05) is 0 Å². The average Bonchev–Trinajstić information content (AvgIpc) is 2.93. The SMILES string of the molecule is O=C(COc1ccc(Cl)cc1Cl)N1CC2CC1CS2(=O)=O. The Balaban J connectivity index is 1.61. The van der Waals surface area contributed by atoms with Crippen molar-refractivity contribution in [2.75, 3.05) is 18.9 Å². The van der Waals surface area contributed by atoms with E-state index in [0.717, 1.165) is 0 Å². The van der Waals surface area contributed by atoms with Crippen LogP contribution in [0.15, 0.2) is 18.2 Å². The molecule has 1 amide bonds. The molecule has 2 aliphatic rings. The summed E-state index contributed by atoms with van der Waals surface area (Å²) in [5.74, 6) is 0.222.